The summed E-state index contributed by atoms with van der Waals surface area (Å²) in [5.74, 6) is 4.32. The van der Waals surface area contributed by atoms with Gasteiger partial charge in [-0.25, -0.2) is 0 Å². The topological polar surface area (TPSA) is 127 Å². The smallest absolute Gasteiger partial charge is 0.266 e. The van der Waals surface area contributed by atoms with Crippen molar-refractivity contribution < 1.29 is 22.8 Å². The molecule has 0 unspecified atom stereocenters. The van der Waals surface area contributed by atoms with Crippen molar-refractivity contribution in [2.75, 3.05) is 7.05 Å². The molecule has 3 aromatic heterocycles. The van der Waals surface area contributed by atoms with Gasteiger partial charge in [0.15, 0.2) is 5.11 Å². The molecule has 9 nitrogen and oxygen atoms in total. The van der Waals surface area contributed by atoms with Crippen LogP contribution < -0.4 is 11.2 Å². The first kappa shape index (κ1) is 39.4. The zero-order valence-electron chi connectivity index (χ0n) is 30.1. The number of aryl methyl sites for hydroxylation is 3. The number of carbonyl (C=O) groups is 2. The Bertz CT molecular complexity index is 2330. The maximum atomic E-state index is 11.9. The SMILES string of the molecule is Cc1cccc(-c2ccc(/C=C3/SC(=S)N(C)C3=O)o2)c1.Cc1cccc(-c2ccc(/C=N/NC(N)=S)o2)c1.Cc1cccc(-c2ccc(CC=O)o2)c1. The van der Waals surface area contributed by atoms with Gasteiger partial charge in [-0.15, -0.1) is 0 Å². The fourth-order valence-corrected chi connectivity index (χ4v) is 6.33. The number of hydrogen-bond donors (Lipinski definition) is 2. The van der Waals surface area contributed by atoms with Crippen LogP contribution in [0.3, 0.4) is 0 Å². The number of furan rings is 3. The van der Waals surface area contributed by atoms with Crippen LogP contribution in [0.1, 0.15) is 34.0 Å². The molecule has 6 aromatic rings. The fourth-order valence-electron chi connectivity index (χ4n) is 5.12. The summed E-state index contributed by atoms with van der Waals surface area (Å²) >= 11 is 11.0. The van der Waals surface area contributed by atoms with E-state index in [4.69, 9.17) is 31.2 Å². The number of thioether (sulfide) groups is 1. The van der Waals surface area contributed by atoms with Gasteiger partial charge in [0, 0.05) is 29.8 Å². The molecule has 4 heterocycles. The zero-order valence-corrected chi connectivity index (χ0v) is 32.5. The van der Waals surface area contributed by atoms with Gasteiger partial charge in [-0.3, -0.25) is 15.1 Å². The number of hydrazone groups is 1. The largest absolute Gasteiger partial charge is 0.461 e. The first-order valence-electron chi connectivity index (χ1n) is 16.7. The summed E-state index contributed by atoms with van der Waals surface area (Å²) in [6.45, 7) is 6.12. The highest BCUT2D eigenvalue weighted by atomic mass is 32.2. The predicted octanol–water partition coefficient (Wildman–Crippen LogP) is 9.50. The lowest BCUT2D eigenvalue weighted by Gasteiger charge is -2.03. The highest BCUT2D eigenvalue weighted by Crippen LogP contribution is 2.33. The second-order valence-corrected chi connectivity index (χ2v) is 14.2. The molecule has 0 spiro atoms. The molecular weight excluding hydrogens is 737 g/mol. The van der Waals surface area contributed by atoms with Crippen molar-refractivity contribution >= 4 is 70.1 Å². The molecular formula is C42H38N4O5S3. The number of aldehydes is 1. The van der Waals surface area contributed by atoms with Crippen LogP contribution in [0.25, 0.3) is 40.0 Å². The summed E-state index contributed by atoms with van der Waals surface area (Å²) in [6, 6.07) is 35.5. The standard InChI is InChI=1S/C16H13NO2S2.C13H13N3OS.C13H12O2/c1-10-4-3-5-11(8-10)13-7-6-12(19-13)9-14-15(18)17(2)16(20)21-14;1-9-3-2-4-10(7-9)12-6-5-11(17-12)8-15-16-13(14)18;1-10-3-2-4-11(9-10)13-6-5-12(15-13)7-8-14/h3-9H,1-2H3;2-8H,1H3,(H3,14,16,18);2-6,8-9H,7H2,1H3/b14-9+;15-8+;. The van der Waals surface area contributed by atoms with Gasteiger partial charge in [-0.1, -0.05) is 95.3 Å². The van der Waals surface area contributed by atoms with Crippen LogP contribution in [0.2, 0.25) is 0 Å². The van der Waals surface area contributed by atoms with E-state index in [0.717, 1.165) is 40.3 Å². The molecule has 0 aliphatic carbocycles. The van der Waals surface area contributed by atoms with Crippen molar-refractivity contribution in [1.82, 2.24) is 10.3 Å². The Morgan fingerprint density at radius 2 is 1.28 bits per heavy atom. The molecule has 1 aliphatic heterocycles. The van der Waals surface area contributed by atoms with E-state index in [1.807, 2.05) is 112 Å². The molecule has 1 saturated heterocycles. The molecule has 54 heavy (non-hydrogen) atoms. The van der Waals surface area contributed by atoms with Gasteiger partial charge in [-0.2, -0.15) is 5.10 Å². The number of nitrogens with one attached hydrogen (secondary N) is 1. The van der Waals surface area contributed by atoms with Crippen molar-refractivity contribution in [2.45, 2.75) is 27.2 Å². The molecule has 0 bridgehead atoms. The summed E-state index contributed by atoms with van der Waals surface area (Å²) in [4.78, 5) is 24.3. The normalized spacial score (nSPS) is 13.0. The number of amides is 1. The van der Waals surface area contributed by atoms with Gasteiger partial charge >= 0.3 is 0 Å². The summed E-state index contributed by atoms with van der Waals surface area (Å²) < 4.78 is 17.5. The van der Waals surface area contributed by atoms with Crippen LogP contribution in [0.4, 0.5) is 0 Å². The Morgan fingerprint density at radius 3 is 1.76 bits per heavy atom. The van der Waals surface area contributed by atoms with E-state index in [2.05, 4.69) is 40.9 Å². The number of rotatable bonds is 8. The number of carbonyl (C=O) groups excluding carboxylic acids is 2. The second kappa shape index (κ2) is 18.8. The molecule has 1 amide bonds. The molecule has 1 aliphatic rings. The third-order valence-electron chi connectivity index (χ3n) is 7.73. The number of nitrogens with two attached hydrogens (primary N) is 1. The van der Waals surface area contributed by atoms with Crippen molar-refractivity contribution in [1.29, 1.82) is 0 Å². The van der Waals surface area contributed by atoms with Crippen molar-refractivity contribution in [3.8, 4) is 34.0 Å². The minimum absolute atomic E-state index is 0.0847. The Kier molecular flexibility index (Phi) is 13.7. The summed E-state index contributed by atoms with van der Waals surface area (Å²) in [5, 5.41) is 3.95. The summed E-state index contributed by atoms with van der Waals surface area (Å²) in [5.41, 5.74) is 14.4. The van der Waals surface area contributed by atoms with Gasteiger partial charge in [0.1, 0.15) is 45.2 Å². The van der Waals surface area contributed by atoms with E-state index in [0.29, 0.717) is 32.9 Å². The lowest BCUT2D eigenvalue weighted by Crippen LogP contribution is -2.23. The summed E-state index contributed by atoms with van der Waals surface area (Å²) in [7, 11) is 1.68. The quantitative estimate of drug-likeness (QED) is 0.0508. The first-order chi connectivity index (χ1) is 26.0. The molecule has 7 rings (SSSR count). The average molecular weight is 775 g/mol. The molecule has 274 valence electrons. The molecule has 0 radical (unpaired) electrons. The highest BCUT2D eigenvalue weighted by molar-refractivity contribution is 8.26. The number of thiocarbonyl (C=S) groups is 2. The Hall–Kier alpha value is -5.82. The van der Waals surface area contributed by atoms with Gasteiger partial charge in [0.05, 0.1) is 17.5 Å². The monoisotopic (exact) mass is 774 g/mol. The maximum Gasteiger partial charge on any atom is 0.266 e. The Labute approximate surface area is 328 Å². The van der Waals surface area contributed by atoms with Crippen LogP contribution in [0.5, 0.6) is 0 Å². The molecule has 0 saturated carbocycles. The average Bonchev–Trinajstić information content (AvgIpc) is 3.96. The molecule has 0 atom stereocenters. The van der Waals surface area contributed by atoms with E-state index in [1.54, 1.807) is 13.1 Å². The van der Waals surface area contributed by atoms with E-state index in [1.165, 1.54) is 39.6 Å². The Balaban J connectivity index is 0.000000158. The lowest BCUT2D eigenvalue weighted by atomic mass is 10.1. The van der Waals surface area contributed by atoms with Crippen LogP contribution in [0, 0.1) is 20.8 Å². The third kappa shape index (κ3) is 11.1. The minimum Gasteiger partial charge on any atom is -0.461 e. The highest BCUT2D eigenvalue weighted by Gasteiger charge is 2.29. The third-order valence-corrected chi connectivity index (χ3v) is 9.31. The van der Waals surface area contributed by atoms with Crippen LogP contribution in [0.15, 0.2) is 132 Å². The molecule has 3 N–H and O–H groups in total. The van der Waals surface area contributed by atoms with E-state index >= 15 is 0 Å². The Morgan fingerprint density at radius 1 is 0.778 bits per heavy atom. The van der Waals surface area contributed by atoms with Crippen molar-refractivity contribution in [3.63, 3.8) is 0 Å². The van der Waals surface area contributed by atoms with Gasteiger partial charge in [0.25, 0.3) is 5.91 Å². The fraction of sp³-hybridized carbons (Fsp3) is 0.119. The number of likely N-dealkylation sites (N-methyl/N-ethyl adjacent to an activating group) is 1. The number of benzene rings is 3. The predicted molar refractivity (Wildman–Crippen MR) is 225 cm³/mol. The van der Waals surface area contributed by atoms with Crippen molar-refractivity contribution in [3.05, 3.63) is 148 Å². The maximum absolute atomic E-state index is 11.9. The van der Waals surface area contributed by atoms with Crippen LogP contribution in [-0.2, 0) is 16.0 Å². The van der Waals surface area contributed by atoms with E-state index in [-0.39, 0.29) is 11.0 Å². The molecule has 12 heteroatoms. The number of nitrogens with zero attached hydrogens (tertiary/aromatic N) is 2. The van der Waals surface area contributed by atoms with Crippen molar-refractivity contribution in [2.24, 2.45) is 10.8 Å². The van der Waals surface area contributed by atoms with Gasteiger partial charge < -0.3 is 23.8 Å². The summed E-state index contributed by atoms with van der Waals surface area (Å²) in [6.07, 6.45) is 4.45. The van der Waals surface area contributed by atoms with Gasteiger partial charge in [-0.05, 0) is 87.6 Å². The molecule has 3 aromatic carbocycles. The number of hydrogen-bond acceptors (Lipinski definition) is 9. The minimum atomic E-state index is -0.0847. The van der Waals surface area contributed by atoms with Crippen LogP contribution in [-0.4, -0.2) is 39.8 Å². The second-order valence-electron chi connectivity index (χ2n) is 12.1. The van der Waals surface area contributed by atoms with E-state index < -0.39 is 0 Å². The van der Waals surface area contributed by atoms with E-state index in [9.17, 15) is 9.59 Å². The lowest BCUT2D eigenvalue weighted by molar-refractivity contribution is -0.121. The van der Waals surface area contributed by atoms with Gasteiger partial charge in [0.2, 0.25) is 0 Å². The first-order valence-corrected chi connectivity index (χ1v) is 18.4. The molecule has 1 fully saturated rings. The zero-order chi connectivity index (χ0) is 38.6. The van der Waals surface area contributed by atoms with Crippen LogP contribution >= 0.6 is 36.2 Å².